The van der Waals surface area contributed by atoms with Crippen LogP contribution in [0.1, 0.15) is 5.56 Å². The van der Waals surface area contributed by atoms with Gasteiger partial charge in [0, 0.05) is 23.4 Å². The maximum Gasteiger partial charge on any atom is 0.341 e. The first-order chi connectivity index (χ1) is 13.9. The van der Waals surface area contributed by atoms with E-state index in [1.54, 1.807) is 18.2 Å². The van der Waals surface area contributed by atoms with Crippen molar-refractivity contribution in [3.63, 3.8) is 0 Å². The second kappa shape index (κ2) is 8.06. The smallest absolute Gasteiger partial charge is 0.341 e. The number of non-ortho nitro benzene ring substituents is 1. The largest absolute Gasteiger partial charge is 0.482 e. The SMILES string of the molecule is N#Cc1c(-c2ccc(OCC(=O)O)cc2)cc(-c2ccc([N+](=O)[O-])cc2)[nH]c1=O. The summed E-state index contributed by atoms with van der Waals surface area (Å²) in [5.74, 6) is -0.779. The summed E-state index contributed by atoms with van der Waals surface area (Å²) in [6.45, 7) is -0.488. The molecule has 9 heteroatoms. The van der Waals surface area contributed by atoms with Crippen LogP contribution in [-0.2, 0) is 4.79 Å². The van der Waals surface area contributed by atoms with Gasteiger partial charge in [0.15, 0.2) is 6.61 Å². The van der Waals surface area contributed by atoms with Crippen LogP contribution < -0.4 is 10.3 Å². The van der Waals surface area contributed by atoms with Gasteiger partial charge in [0.1, 0.15) is 17.4 Å². The molecule has 1 aromatic heterocycles. The lowest BCUT2D eigenvalue weighted by molar-refractivity contribution is -0.384. The summed E-state index contributed by atoms with van der Waals surface area (Å²) in [6, 6.07) is 15.4. The van der Waals surface area contributed by atoms with Crippen LogP contribution in [0, 0.1) is 21.4 Å². The number of hydrogen-bond acceptors (Lipinski definition) is 6. The van der Waals surface area contributed by atoms with Gasteiger partial charge in [-0.15, -0.1) is 0 Å². The molecule has 0 unspecified atom stereocenters. The molecule has 0 aliphatic carbocycles. The number of nitro groups is 1. The van der Waals surface area contributed by atoms with Gasteiger partial charge in [0.2, 0.25) is 0 Å². The molecule has 0 bridgehead atoms. The molecule has 0 radical (unpaired) electrons. The van der Waals surface area contributed by atoms with E-state index in [-0.39, 0.29) is 11.3 Å². The molecule has 0 spiro atoms. The molecule has 9 nitrogen and oxygen atoms in total. The summed E-state index contributed by atoms with van der Waals surface area (Å²) in [6.07, 6.45) is 0. The molecule has 0 fully saturated rings. The Morgan fingerprint density at radius 2 is 1.76 bits per heavy atom. The number of ether oxygens (including phenoxy) is 1. The molecular formula is C20H13N3O6. The zero-order valence-corrected chi connectivity index (χ0v) is 14.8. The summed E-state index contributed by atoms with van der Waals surface area (Å²) >= 11 is 0. The first-order valence-corrected chi connectivity index (χ1v) is 8.26. The number of nitrogens with one attached hydrogen (secondary N) is 1. The Labute approximate surface area is 163 Å². The maximum atomic E-state index is 12.4. The summed E-state index contributed by atoms with van der Waals surface area (Å²) < 4.78 is 5.07. The van der Waals surface area contributed by atoms with Gasteiger partial charge in [-0.2, -0.15) is 5.26 Å². The highest BCUT2D eigenvalue weighted by molar-refractivity contribution is 5.76. The number of nitriles is 1. The first kappa shape index (κ1) is 19.3. The highest BCUT2D eigenvalue weighted by Gasteiger charge is 2.14. The monoisotopic (exact) mass is 391 g/mol. The Kier molecular flexibility index (Phi) is 5.37. The van der Waals surface area contributed by atoms with Gasteiger partial charge >= 0.3 is 5.97 Å². The number of H-pyrrole nitrogens is 1. The summed E-state index contributed by atoms with van der Waals surface area (Å²) in [5, 5.41) is 28.8. The topological polar surface area (TPSA) is 146 Å². The number of carbonyl (C=O) groups is 1. The van der Waals surface area contributed by atoms with Crippen molar-refractivity contribution in [2.24, 2.45) is 0 Å². The number of aromatic amines is 1. The van der Waals surface area contributed by atoms with Crippen LogP contribution >= 0.6 is 0 Å². The van der Waals surface area contributed by atoms with Crippen LogP contribution in [0.5, 0.6) is 5.75 Å². The van der Waals surface area contributed by atoms with Crippen molar-refractivity contribution in [2.75, 3.05) is 6.61 Å². The Morgan fingerprint density at radius 3 is 2.31 bits per heavy atom. The second-order valence-corrected chi connectivity index (χ2v) is 5.92. The predicted octanol–water partition coefficient (Wildman–Crippen LogP) is 2.95. The average Bonchev–Trinajstić information content (AvgIpc) is 2.72. The fourth-order valence-electron chi connectivity index (χ4n) is 2.69. The van der Waals surface area contributed by atoms with E-state index in [0.717, 1.165) is 0 Å². The van der Waals surface area contributed by atoms with Gasteiger partial charge in [0.05, 0.1) is 4.92 Å². The van der Waals surface area contributed by atoms with Crippen LogP contribution in [0.4, 0.5) is 5.69 Å². The third-order valence-electron chi connectivity index (χ3n) is 4.06. The Bertz CT molecular complexity index is 1170. The number of aromatic nitrogens is 1. The van der Waals surface area contributed by atoms with E-state index < -0.39 is 23.1 Å². The third-order valence-corrected chi connectivity index (χ3v) is 4.06. The summed E-state index contributed by atoms with van der Waals surface area (Å²) in [4.78, 5) is 35.8. The lowest BCUT2D eigenvalue weighted by Crippen LogP contribution is -2.12. The molecule has 3 aromatic rings. The zero-order valence-electron chi connectivity index (χ0n) is 14.8. The van der Waals surface area contributed by atoms with Gasteiger partial charge in [0.25, 0.3) is 11.2 Å². The van der Waals surface area contributed by atoms with Crippen molar-refractivity contribution in [1.29, 1.82) is 5.26 Å². The van der Waals surface area contributed by atoms with Gasteiger partial charge in [-0.3, -0.25) is 14.9 Å². The van der Waals surface area contributed by atoms with E-state index in [1.165, 1.54) is 36.4 Å². The molecule has 0 aliphatic rings. The number of aliphatic carboxylic acids is 1. The lowest BCUT2D eigenvalue weighted by atomic mass is 9.99. The first-order valence-electron chi connectivity index (χ1n) is 8.26. The molecule has 0 amide bonds. The Hall–Kier alpha value is -4.45. The van der Waals surface area contributed by atoms with Crippen molar-refractivity contribution >= 4 is 11.7 Å². The molecule has 29 heavy (non-hydrogen) atoms. The summed E-state index contributed by atoms with van der Waals surface area (Å²) in [5.41, 5.74) is 1.10. The molecule has 1 heterocycles. The number of hydrogen-bond donors (Lipinski definition) is 2. The van der Waals surface area contributed by atoms with E-state index in [0.29, 0.717) is 28.1 Å². The minimum absolute atomic E-state index is 0.0816. The third kappa shape index (κ3) is 4.28. The van der Waals surface area contributed by atoms with Crippen LogP contribution in [-0.4, -0.2) is 27.6 Å². The highest BCUT2D eigenvalue weighted by Crippen LogP contribution is 2.28. The minimum atomic E-state index is -1.11. The van der Waals surface area contributed by atoms with Crippen LogP contribution in [0.25, 0.3) is 22.4 Å². The highest BCUT2D eigenvalue weighted by atomic mass is 16.6. The van der Waals surface area contributed by atoms with Gasteiger partial charge in [-0.25, -0.2) is 4.79 Å². The Balaban J connectivity index is 2.02. The zero-order chi connectivity index (χ0) is 21.0. The van der Waals surface area contributed by atoms with Crippen LogP contribution in [0.15, 0.2) is 59.4 Å². The number of nitrogens with zero attached hydrogens (tertiary/aromatic N) is 2. The normalized spacial score (nSPS) is 10.2. The fourth-order valence-corrected chi connectivity index (χ4v) is 2.69. The molecular weight excluding hydrogens is 378 g/mol. The van der Waals surface area contributed by atoms with E-state index in [9.17, 15) is 25.0 Å². The number of carboxylic acid groups (broad SMARTS) is 1. The van der Waals surface area contributed by atoms with Crippen molar-refractivity contribution in [1.82, 2.24) is 4.98 Å². The second-order valence-electron chi connectivity index (χ2n) is 5.92. The van der Waals surface area contributed by atoms with Crippen LogP contribution in [0.3, 0.4) is 0 Å². The number of rotatable bonds is 6. The molecule has 144 valence electrons. The average molecular weight is 391 g/mol. The molecule has 2 N–H and O–H groups in total. The van der Waals surface area contributed by atoms with E-state index in [4.69, 9.17) is 9.84 Å². The van der Waals surface area contributed by atoms with Gasteiger partial charge in [-0.05, 0) is 41.5 Å². The molecule has 0 aliphatic heterocycles. The predicted molar refractivity (Wildman–Crippen MR) is 102 cm³/mol. The van der Waals surface area contributed by atoms with E-state index >= 15 is 0 Å². The minimum Gasteiger partial charge on any atom is -0.482 e. The maximum absolute atomic E-state index is 12.4. The van der Waals surface area contributed by atoms with Crippen molar-refractivity contribution in [3.05, 3.63) is 80.6 Å². The molecule has 2 aromatic carbocycles. The lowest BCUT2D eigenvalue weighted by Gasteiger charge is -2.09. The molecule has 0 atom stereocenters. The van der Waals surface area contributed by atoms with E-state index in [1.807, 2.05) is 6.07 Å². The van der Waals surface area contributed by atoms with Crippen molar-refractivity contribution in [2.45, 2.75) is 0 Å². The standard InChI is InChI=1S/C20H13N3O6/c21-10-17-16(12-3-7-15(8-4-12)29-11-19(24)25)9-18(22-20(17)26)13-1-5-14(6-2-13)23(27)28/h1-9H,11H2,(H,22,26)(H,24,25). The van der Waals surface area contributed by atoms with Gasteiger partial charge in [-0.1, -0.05) is 12.1 Å². The van der Waals surface area contributed by atoms with Crippen molar-refractivity contribution in [3.8, 4) is 34.2 Å². The summed E-state index contributed by atoms with van der Waals surface area (Å²) in [7, 11) is 0. The number of benzene rings is 2. The number of nitro benzene ring substituents is 1. The molecule has 0 saturated heterocycles. The van der Waals surface area contributed by atoms with Gasteiger partial charge < -0.3 is 14.8 Å². The fraction of sp³-hybridized carbons (Fsp3) is 0.0500. The van der Waals surface area contributed by atoms with Crippen LogP contribution in [0.2, 0.25) is 0 Å². The van der Waals surface area contributed by atoms with E-state index in [2.05, 4.69) is 4.98 Å². The van der Waals surface area contributed by atoms with Crippen molar-refractivity contribution < 1.29 is 19.6 Å². The molecule has 0 saturated carbocycles. The number of carboxylic acids is 1. The number of pyridine rings is 1. The molecule has 3 rings (SSSR count). The quantitative estimate of drug-likeness (QED) is 0.485. The Morgan fingerprint density at radius 1 is 1.14 bits per heavy atom.